The molecule has 24 heavy (non-hydrogen) atoms. The van der Waals surface area contributed by atoms with Crippen molar-refractivity contribution in [2.75, 3.05) is 18.0 Å². The van der Waals surface area contributed by atoms with Gasteiger partial charge in [-0.2, -0.15) is 0 Å². The Hall–Kier alpha value is -2.89. The summed E-state index contributed by atoms with van der Waals surface area (Å²) in [5, 5.41) is 10.9. The van der Waals surface area contributed by atoms with Gasteiger partial charge in [0.25, 0.3) is 5.69 Å². The highest BCUT2D eigenvalue weighted by Gasteiger charge is 2.13. The Labute approximate surface area is 139 Å². The fourth-order valence-corrected chi connectivity index (χ4v) is 3.23. The molecule has 1 aliphatic heterocycles. The zero-order chi connectivity index (χ0) is 16.5. The first-order valence-corrected chi connectivity index (χ1v) is 8.20. The number of fused-ring (bicyclic) bond motifs is 1. The Bertz CT molecular complexity index is 880. The largest absolute Gasteiger partial charge is 0.372 e. The van der Waals surface area contributed by atoms with E-state index in [-0.39, 0.29) is 5.69 Å². The zero-order valence-corrected chi connectivity index (χ0v) is 13.2. The number of nitro benzene ring substituents is 1. The number of nitro groups is 1. The standard InChI is InChI=1S/C18H18N4O2/c23-22(24)15-8-9-16-17(12-15)20-18(19-16)13-4-6-14(7-5-13)21-10-2-1-3-11-21/h4-9,12H,1-3,10-11H2,(H,19,20). The highest BCUT2D eigenvalue weighted by Crippen LogP contribution is 2.26. The number of nitrogens with zero attached hydrogens (tertiary/aromatic N) is 3. The van der Waals surface area contributed by atoms with Crippen molar-refractivity contribution in [2.24, 2.45) is 0 Å². The average Bonchev–Trinajstić information content (AvgIpc) is 3.06. The van der Waals surface area contributed by atoms with Gasteiger partial charge >= 0.3 is 0 Å². The molecular weight excluding hydrogens is 304 g/mol. The van der Waals surface area contributed by atoms with Crippen molar-refractivity contribution in [3.05, 3.63) is 52.6 Å². The van der Waals surface area contributed by atoms with Crippen molar-refractivity contribution in [3.8, 4) is 11.4 Å². The third kappa shape index (κ3) is 2.71. The minimum atomic E-state index is -0.395. The van der Waals surface area contributed by atoms with Gasteiger partial charge in [-0.25, -0.2) is 4.98 Å². The van der Waals surface area contributed by atoms with Crippen LogP contribution in [0, 0.1) is 10.1 Å². The molecule has 0 radical (unpaired) electrons. The first-order valence-electron chi connectivity index (χ1n) is 8.20. The molecule has 0 unspecified atom stereocenters. The van der Waals surface area contributed by atoms with Crippen LogP contribution in [-0.4, -0.2) is 28.0 Å². The first kappa shape index (κ1) is 14.7. The summed E-state index contributed by atoms with van der Waals surface area (Å²) in [5.41, 5.74) is 3.70. The highest BCUT2D eigenvalue weighted by molar-refractivity contribution is 5.81. The molecule has 0 saturated carbocycles. The summed E-state index contributed by atoms with van der Waals surface area (Å²) in [7, 11) is 0. The van der Waals surface area contributed by atoms with Gasteiger partial charge in [0, 0.05) is 36.5 Å². The van der Waals surface area contributed by atoms with Gasteiger partial charge in [-0.15, -0.1) is 0 Å². The maximum Gasteiger partial charge on any atom is 0.271 e. The van der Waals surface area contributed by atoms with Crippen molar-refractivity contribution in [1.82, 2.24) is 9.97 Å². The van der Waals surface area contributed by atoms with Crippen molar-refractivity contribution in [2.45, 2.75) is 19.3 Å². The average molecular weight is 322 g/mol. The van der Waals surface area contributed by atoms with E-state index in [1.54, 1.807) is 6.07 Å². The molecule has 4 rings (SSSR count). The van der Waals surface area contributed by atoms with Crippen LogP contribution in [0.3, 0.4) is 0 Å². The number of aromatic nitrogens is 2. The molecular formula is C18H18N4O2. The molecule has 1 aliphatic rings. The summed E-state index contributed by atoms with van der Waals surface area (Å²) in [4.78, 5) is 20.6. The summed E-state index contributed by atoms with van der Waals surface area (Å²) < 4.78 is 0. The lowest BCUT2D eigenvalue weighted by Crippen LogP contribution is -2.29. The van der Waals surface area contributed by atoms with E-state index in [0.29, 0.717) is 5.52 Å². The van der Waals surface area contributed by atoms with E-state index in [0.717, 1.165) is 30.0 Å². The molecule has 6 heteroatoms. The summed E-state index contributed by atoms with van der Waals surface area (Å²) in [6.07, 6.45) is 3.83. The van der Waals surface area contributed by atoms with Gasteiger partial charge in [-0.05, 0) is 49.6 Å². The van der Waals surface area contributed by atoms with Crippen LogP contribution in [0.1, 0.15) is 19.3 Å². The van der Waals surface area contributed by atoms with Crippen LogP contribution >= 0.6 is 0 Å². The topological polar surface area (TPSA) is 75.1 Å². The van der Waals surface area contributed by atoms with E-state index in [4.69, 9.17) is 0 Å². The number of imidazole rings is 1. The molecule has 122 valence electrons. The van der Waals surface area contributed by atoms with Crippen LogP contribution < -0.4 is 4.90 Å². The quantitative estimate of drug-likeness (QED) is 0.581. The van der Waals surface area contributed by atoms with E-state index in [1.165, 1.54) is 37.1 Å². The van der Waals surface area contributed by atoms with Crippen molar-refractivity contribution >= 4 is 22.4 Å². The van der Waals surface area contributed by atoms with Crippen molar-refractivity contribution < 1.29 is 4.92 Å². The third-order valence-electron chi connectivity index (χ3n) is 4.54. The molecule has 0 spiro atoms. The van der Waals surface area contributed by atoms with Crippen LogP contribution in [-0.2, 0) is 0 Å². The lowest BCUT2D eigenvalue weighted by Gasteiger charge is -2.28. The first-order chi connectivity index (χ1) is 11.7. The highest BCUT2D eigenvalue weighted by atomic mass is 16.6. The maximum absolute atomic E-state index is 10.9. The molecule has 1 aromatic heterocycles. The number of anilines is 1. The minimum absolute atomic E-state index is 0.0677. The third-order valence-corrected chi connectivity index (χ3v) is 4.54. The molecule has 1 saturated heterocycles. The van der Waals surface area contributed by atoms with Gasteiger partial charge in [0.1, 0.15) is 5.82 Å². The molecule has 1 N–H and O–H groups in total. The number of nitrogens with one attached hydrogen (secondary N) is 1. The van der Waals surface area contributed by atoms with E-state index < -0.39 is 4.92 Å². The summed E-state index contributed by atoms with van der Waals surface area (Å²) in [5.74, 6) is 0.732. The fourth-order valence-electron chi connectivity index (χ4n) is 3.23. The lowest BCUT2D eigenvalue weighted by molar-refractivity contribution is -0.384. The molecule has 6 nitrogen and oxygen atoms in total. The number of hydrogen-bond acceptors (Lipinski definition) is 4. The van der Waals surface area contributed by atoms with Crippen LogP contribution in [0.25, 0.3) is 22.4 Å². The Morgan fingerprint density at radius 1 is 1.04 bits per heavy atom. The Balaban J connectivity index is 1.63. The Morgan fingerprint density at radius 3 is 2.50 bits per heavy atom. The van der Waals surface area contributed by atoms with Crippen LogP contribution in [0.5, 0.6) is 0 Å². The molecule has 3 aromatic rings. The monoisotopic (exact) mass is 322 g/mol. The number of aromatic amines is 1. The normalized spacial score (nSPS) is 14.9. The maximum atomic E-state index is 10.9. The van der Waals surface area contributed by atoms with Crippen molar-refractivity contribution in [3.63, 3.8) is 0 Å². The van der Waals surface area contributed by atoms with Gasteiger partial charge < -0.3 is 9.88 Å². The van der Waals surface area contributed by atoms with Crippen LogP contribution in [0.2, 0.25) is 0 Å². The Kier molecular flexibility index (Phi) is 3.65. The van der Waals surface area contributed by atoms with Gasteiger partial charge in [-0.1, -0.05) is 0 Å². The SMILES string of the molecule is O=[N+]([O-])c1ccc2nc(-c3ccc(N4CCCCC4)cc3)[nH]c2c1. The molecule has 2 heterocycles. The summed E-state index contributed by atoms with van der Waals surface area (Å²) in [6, 6.07) is 13.0. The van der Waals surface area contributed by atoms with Gasteiger partial charge in [0.15, 0.2) is 0 Å². The molecule has 1 fully saturated rings. The number of non-ortho nitro benzene ring substituents is 1. The smallest absolute Gasteiger partial charge is 0.271 e. The van der Waals surface area contributed by atoms with Gasteiger partial charge in [-0.3, -0.25) is 10.1 Å². The lowest BCUT2D eigenvalue weighted by atomic mass is 10.1. The second kappa shape index (κ2) is 5.96. The second-order valence-electron chi connectivity index (χ2n) is 6.14. The second-order valence-corrected chi connectivity index (χ2v) is 6.14. The molecule has 0 amide bonds. The van der Waals surface area contributed by atoms with E-state index >= 15 is 0 Å². The fraction of sp³-hybridized carbons (Fsp3) is 0.278. The van der Waals surface area contributed by atoms with Gasteiger partial charge in [0.2, 0.25) is 0 Å². The number of piperidine rings is 1. The van der Waals surface area contributed by atoms with Crippen LogP contribution in [0.15, 0.2) is 42.5 Å². The number of rotatable bonds is 3. The van der Waals surface area contributed by atoms with Gasteiger partial charge in [0.05, 0.1) is 16.0 Å². The van der Waals surface area contributed by atoms with E-state index in [1.807, 2.05) is 0 Å². The molecule has 0 bridgehead atoms. The molecule has 2 aromatic carbocycles. The molecule has 0 atom stereocenters. The number of H-pyrrole nitrogens is 1. The number of hydrogen-bond donors (Lipinski definition) is 1. The predicted octanol–water partition coefficient (Wildman–Crippen LogP) is 4.13. The summed E-state index contributed by atoms with van der Waals surface area (Å²) >= 11 is 0. The van der Waals surface area contributed by atoms with Crippen molar-refractivity contribution in [1.29, 1.82) is 0 Å². The zero-order valence-electron chi connectivity index (χ0n) is 13.2. The molecule has 0 aliphatic carbocycles. The summed E-state index contributed by atoms with van der Waals surface area (Å²) in [6.45, 7) is 2.24. The predicted molar refractivity (Wildman–Crippen MR) is 94.2 cm³/mol. The minimum Gasteiger partial charge on any atom is -0.372 e. The Morgan fingerprint density at radius 2 is 1.79 bits per heavy atom. The van der Waals surface area contributed by atoms with E-state index in [2.05, 4.69) is 39.1 Å². The number of benzene rings is 2. The van der Waals surface area contributed by atoms with Crippen LogP contribution in [0.4, 0.5) is 11.4 Å². The van der Waals surface area contributed by atoms with E-state index in [9.17, 15) is 10.1 Å².